The lowest BCUT2D eigenvalue weighted by atomic mass is 10.1. The third-order valence-corrected chi connectivity index (χ3v) is 3.93. The molecule has 0 aliphatic rings. The Bertz CT molecular complexity index is 531. The third kappa shape index (κ3) is 5.21. The molecule has 21 heavy (non-hydrogen) atoms. The summed E-state index contributed by atoms with van der Waals surface area (Å²) >= 11 is 1.54. The smallest absolute Gasteiger partial charge is 0.131 e. The highest BCUT2D eigenvalue weighted by Crippen LogP contribution is 2.28. The molecule has 3 nitrogen and oxygen atoms in total. The van der Waals surface area contributed by atoms with Gasteiger partial charge in [0.2, 0.25) is 0 Å². The van der Waals surface area contributed by atoms with Crippen molar-refractivity contribution in [3.05, 3.63) is 47.1 Å². The van der Waals surface area contributed by atoms with Crippen molar-refractivity contribution in [3.8, 4) is 10.4 Å². The molecule has 1 aromatic carbocycles. The van der Waals surface area contributed by atoms with Crippen LogP contribution in [0.25, 0.3) is 10.4 Å². The van der Waals surface area contributed by atoms with Gasteiger partial charge in [0, 0.05) is 23.6 Å². The van der Waals surface area contributed by atoms with Gasteiger partial charge in [0.25, 0.3) is 0 Å². The Kier molecular flexibility index (Phi) is 6.82. The minimum Gasteiger partial charge on any atom is -0.394 e. The summed E-state index contributed by atoms with van der Waals surface area (Å²) in [7, 11) is 0. The fourth-order valence-corrected chi connectivity index (χ4v) is 2.75. The Morgan fingerprint density at radius 1 is 1.24 bits per heavy atom. The highest BCUT2D eigenvalue weighted by molar-refractivity contribution is 7.13. The first kappa shape index (κ1) is 16.1. The Morgan fingerprint density at radius 3 is 2.90 bits per heavy atom. The number of halogens is 1. The van der Waals surface area contributed by atoms with E-state index in [0.29, 0.717) is 25.3 Å². The van der Waals surface area contributed by atoms with Crippen LogP contribution < -0.4 is 5.32 Å². The molecule has 114 valence electrons. The number of rotatable bonds is 9. The summed E-state index contributed by atoms with van der Waals surface area (Å²) < 4.78 is 19.0. The second-order valence-electron chi connectivity index (χ2n) is 4.66. The number of aliphatic hydroxyl groups is 1. The molecule has 2 aromatic rings. The maximum atomic E-state index is 13.8. The summed E-state index contributed by atoms with van der Waals surface area (Å²) in [5.74, 6) is -0.182. The number of hydrogen-bond donors (Lipinski definition) is 2. The van der Waals surface area contributed by atoms with Gasteiger partial charge < -0.3 is 15.2 Å². The van der Waals surface area contributed by atoms with Crippen LogP contribution in [-0.2, 0) is 11.3 Å². The molecule has 0 spiro atoms. The second kappa shape index (κ2) is 8.89. The normalized spacial score (nSPS) is 11.0. The summed E-state index contributed by atoms with van der Waals surface area (Å²) in [6.07, 6.45) is 0.888. The maximum Gasteiger partial charge on any atom is 0.131 e. The molecule has 0 bridgehead atoms. The fourth-order valence-electron chi connectivity index (χ4n) is 2.00. The molecule has 0 atom stereocenters. The van der Waals surface area contributed by atoms with Gasteiger partial charge in [-0.2, -0.15) is 0 Å². The number of hydrogen-bond acceptors (Lipinski definition) is 4. The number of thiophene rings is 1. The van der Waals surface area contributed by atoms with Crippen LogP contribution in [0.4, 0.5) is 4.39 Å². The minimum atomic E-state index is -0.182. The zero-order valence-electron chi connectivity index (χ0n) is 11.8. The van der Waals surface area contributed by atoms with Crippen molar-refractivity contribution in [1.29, 1.82) is 0 Å². The average Bonchev–Trinajstić information content (AvgIpc) is 3.02. The van der Waals surface area contributed by atoms with E-state index in [1.807, 2.05) is 29.6 Å². The molecule has 1 aromatic heterocycles. The topological polar surface area (TPSA) is 41.5 Å². The summed E-state index contributed by atoms with van der Waals surface area (Å²) in [4.78, 5) is 0.951. The van der Waals surface area contributed by atoms with Crippen molar-refractivity contribution in [2.45, 2.75) is 13.0 Å². The summed E-state index contributed by atoms with van der Waals surface area (Å²) in [6.45, 7) is 2.63. The van der Waals surface area contributed by atoms with Crippen LogP contribution >= 0.6 is 11.3 Å². The molecular weight excluding hydrogens is 289 g/mol. The van der Waals surface area contributed by atoms with E-state index in [1.54, 1.807) is 11.3 Å². The number of aliphatic hydroxyl groups excluding tert-OH is 1. The summed E-state index contributed by atoms with van der Waals surface area (Å²) in [5.41, 5.74) is 1.73. The van der Waals surface area contributed by atoms with Crippen molar-refractivity contribution >= 4 is 11.3 Å². The predicted molar refractivity (Wildman–Crippen MR) is 83.9 cm³/mol. The van der Waals surface area contributed by atoms with Gasteiger partial charge in [-0.3, -0.25) is 0 Å². The molecule has 0 saturated heterocycles. The van der Waals surface area contributed by atoms with Gasteiger partial charge in [-0.25, -0.2) is 4.39 Å². The monoisotopic (exact) mass is 309 g/mol. The lowest BCUT2D eigenvalue weighted by molar-refractivity contribution is 0.0907. The number of ether oxygens (including phenoxy) is 1. The zero-order chi connectivity index (χ0) is 14.9. The van der Waals surface area contributed by atoms with E-state index in [2.05, 4.69) is 5.32 Å². The van der Waals surface area contributed by atoms with Crippen molar-refractivity contribution in [2.75, 3.05) is 26.4 Å². The van der Waals surface area contributed by atoms with Gasteiger partial charge in [0.05, 0.1) is 13.2 Å². The molecule has 0 amide bonds. The Hall–Kier alpha value is -1.27. The van der Waals surface area contributed by atoms with Gasteiger partial charge in [-0.1, -0.05) is 12.1 Å². The lowest BCUT2D eigenvalue weighted by Crippen LogP contribution is -2.16. The lowest BCUT2D eigenvalue weighted by Gasteiger charge is -2.08. The largest absolute Gasteiger partial charge is 0.394 e. The van der Waals surface area contributed by atoms with Crippen LogP contribution in [0.15, 0.2) is 35.7 Å². The van der Waals surface area contributed by atoms with E-state index in [9.17, 15) is 4.39 Å². The van der Waals surface area contributed by atoms with E-state index >= 15 is 0 Å². The summed E-state index contributed by atoms with van der Waals surface area (Å²) in [6, 6.07) is 9.09. The quantitative estimate of drug-likeness (QED) is 0.700. The van der Waals surface area contributed by atoms with E-state index < -0.39 is 0 Å². The Morgan fingerprint density at radius 2 is 2.14 bits per heavy atom. The first-order chi connectivity index (χ1) is 10.3. The van der Waals surface area contributed by atoms with Crippen molar-refractivity contribution in [1.82, 2.24) is 5.32 Å². The average molecular weight is 309 g/mol. The molecule has 0 saturated carbocycles. The zero-order valence-corrected chi connectivity index (χ0v) is 12.7. The first-order valence-electron chi connectivity index (χ1n) is 7.03. The van der Waals surface area contributed by atoms with Crippen LogP contribution in [0.5, 0.6) is 0 Å². The number of benzene rings is 1. The molecule has 2 N–H and O–H groups in total. The van der Waals surface area contributed by atoms with E-state index in [4.69, 9.17) is 9.84 Å². The van der Waals surface area contributed by atoms with E-state index in [0.717, 1.165) is 23.4 Å². The van der Waals surface area contributed by atoms with Crippen molar-refractivity contribution in [3.63, 3.8) is 0 Å². The first-order valence-corrected chi connectivity index (χ1v) is 7.91. The minimum absolute atomic E-state index is 0.0640. The standard InChI is InChI=1S/C16H20FNO2S/c17-15-5-4-13(11-14(15)16-3-1-10-21-16)12-18-6-2-8-20-9-7-19/h1,3-5,10-11,18-19H,2,6-9,12H2. The van der Waals surface area contributed by atoms with E-state index in [-0.39, 0.29) is 12.4 Å². The van der Waals surface area contributed by atoms with Gasteiger partial charge in [-0.05, 0) is 42.1 Å². The van der Waals surface area contributed by atoms with Gasteiger partial charge in [-0.15, -0.1) is 11.3 Å². The summed E-state index contributed by atoms with van der Waals surface area (Å²) in [5, 5.41) is 13.8. The highest BCUT2D eigenvalue weighted by Gasteiger charge is 2.07. The maximum absolute atomic E-state index is 13.8. The molecule has 0 radical (unpaired) electrons. The molecule has 5 heteroatoms. The van der Waals surface area contributed by atoms with Crippen LogP contribution in [0.3, 0.4) is 0 Å². The van der Waals surface area contributed by atoms with Crippen molar-refractivity contribution < 1.29 is 14.2 Å². The second-order valence-corrected chi connectivity index (χ2v) is 5.61. The Labute approximate surface area is 128 Å². The highest BCUT2D eigenvalue weighted by atomic mass is 32.1. The van der Waals surface area contributed by atoms with Crippen molar-refractivity contribution in [2.24, 2.45) is 0 Å². The van der Waals surface area contributed by atoms with Crippen LogP contribution in [0, 0.1) is 5.82 Å². The molecule has 0 aliphatic heterocycles. The van der Waals surface area contributed by atoms with E-state index in [1.165, 1.54) is 6.07 Å². The van der Waals surface area contributed by atoms with Crippen LogP contribution in [0.2, 0.25) is 0 Å². The Balaban J connectivity index is 1.80. The fraction of sp³-hybridized carbons (Fsp3) is 0.375. The number of nitrogens with one attached hydrogen (secondary N) is 1. The molecular formula is C16H20FNO2S. The molecule has 0 aliphatic carbocycles. The van der Waals surface area contributed by atoms with Crippen LogP contribution in [0.1, 0.15) is 12.0 Å². The van der Waals surface area contributed by atoms with Gasteiger partial charge in [0.1, 0.15) is 5.82 Å². The molecule has 1 heterocycles. The third-order valence-electron chi connectivity index (χ3n) is 3.02. The molecule has 2 rings (SSSR count). The molecule has 0 unspecified atom stereocenters. The molecule has 0 fully saturated rings. The SMILES string of the molecule is OCCOCCCNCc1ccc(F)c(-c2cccs2)c1. The van der Waals surface area contributed by atoms with Gasteiger partial charge in [0.15, 0.2) is 0 Å². The van der Waals surface area contributed by atoms with Gasteiger partial charge >= 0.3 is 0 Å². The van der Waals surface area contributed by atoms with Crippen LogP contribution in [-0.4, -0.2) is 31.5 Å². The predicted octanol–water partition coefficient (Wildman–Crippen LogP) is 3.04.